The second kappa shape index (κ2) is 7.15. The van der Waals surface area contributed by atoms with Crippen molar-refractivity contribution in [1.82, 2.24) is 20.1 Å². The number of carbonyl (C=O) groups excluding carboxylic acids is 1. The van der Waals surface area contributed by atoms with Gasteiger partial charge in [0.25, 0.3) is 0 Å². The molecule has 0 radical (unpaired) electrons. The normalized spacial score (nSPS) is 17.5. The number of hydrogen-bond acceptors (Lipinski definition) is 4. The average molecular weight is 407 g/mol. The molecule has 6 nitrogen and oxygen atoms in total. The van der Waals surface area contributed by atoms with Crippen LogP contribution in [0, 0.1) is 0 Å². The van der Waals surface area contributed by atoms with E-state index in [2.05, 4.69) is 36.0 Å². The molecular formula is C18H23BrN4O2. The van der Waals surface area contributed by atoms with Gasteiger partial charge in [-0.2, -0.15) is 0 Å². The Morgan fingerprint density at radius 3 is 2.64 bits per heavy atom. The Kier molecular flexibility index (Phi) is 5.13. The molecule has 0 saturated carbocycles. The zero-order valence-electron chi connectivity index (χ0n) is 14.8. The van der Waals surface area contributed by atoms with E-state index in [1.165, 1.54) is 0 Å². The first kappa shape index (κ1) is 17.9. The maximum Gasteiger partial charge on any atom is 0.408 e. The minimum Gasteiger partial charge on any atom is -0.444 e. The number of benzene rings is 1. The summed E-state index contributed by atoms with van der Waals surface area (Å²) in [6.45, 7) is 6.41. The van der Waals surface area contributed by atoms with Crippen molar-refractivity contribution in [1.29, 1.82) is 0 Å². The van der Waals surface area contributed by atoms with Crippen molar-refractivity contribution in [2.75, 3.05) is 0 Å². The molecule has 0 spiro atoms. The molecule has 0 fully saturated rings. The molecule has 1 aliphatic heterocycles. The van der Waals surface area contributed by atoms with Gasteiger partial charge >= 0.3 is 6.09 Å². The third kappa shape index (κ3) is 4.39. The highest BCUT2D eigenvalue weighted by atomic mass is 79.9. The van der Waals surface area contributed by atoms with Crippen LogP contribution in [0.4, 0.5) is 4.79 Å². The van der Waals surface area contributed by atoms with Gasteiger partial charge in [0, 0.05) is 16.6 Å². The SMILES string of the molecule is CC(C)(C)OC(=O)N[C@H]1CCCCn2c(-c3ccc(Br)cc3)nnc21. The van der Waals surface area contributed by atoms with Crippen molar-refractivity contribution < 1.29 is 9.53 Å². The predicted octanol–water partition coefficient (Wildman–Crippen LogP) is 4.46. The van der Waals surface area contributed by atoms with Crippen molar-refractivity contribution in [3.8, 4) is 11.4 Å². The minimum absolute atomic E-state index is 0.186. The summed E-state index contributed by atoms with van der Waals surface area (Å²) in [6, 6.07) is 7.83. The number of amides is 1. The number of hydrogen-bond donors (Lipinski definition) is 1. The number of alkyl carbamates (subject to hydrolysis) is 1. The molecule has 0 aliphatic carbocycles. The Bertz CT molecular complexity index is 749. The van der Waals surface area contributed by atoms with Gasteiger partial charge in [-0.15, -0.1) is 10.2 Å². The van der Waals surface area contributed by atoms with Gasteiger partial charge in [0.05, 0.1) is 6.04 Å². The van der Waals surface area contributed by atoms with E-state index in [9.17, 15) is 4.79 Å². The first-order valence-corrected chi connectivity index (χ1v) is 9.31. The molecule has 25 heavy (non-hydrogen) atoms. The summed E-state index contributed by atoms with van der Waals surface area (Å²) in [5.41, 5.74) is 0.491. The number of rotatable bonds is 2. The number of fused-ring (bicyclic) bond motifs is 1. The third-order valence-electron chi connectivity index (χ3n) is 4.01. The summed E-state index contributed by atoms with van der Waals surface area (Å²) < 4.78 is 8.52. The fraction of sp³-hybridized carbons (Fsp3) is 0.500. The molecule has 7 heteroatoms. The molecule has 3 rings (SSSR count). The molecule has 1 amide bonds. The van der Waals surface area contributed by atoms with Crippen LogP contribution in [0.1, 0.15) is 51.9 Å². The van der Waals surface area contributed by atoms with E-state index in [1.807, 2.05) is 45.0 Å². The molecule has 0 saturated heterocycles. The highest BCUT2D eigenvalue weighted by Gasteiger charge is 2.27. The summed E-state index contributed by atoms with van der Waals surface area (Å²) in [5.74, 6) is 1.63. The second-order valence-corrected chi connectivity index (χ2v) is 8.15. The molecule has 2 aromatic rings. The Hall–Kier alpha value is -1.89. The Labute approximate surface area is 156 Å². The van der Waals surface area contributed by atoms with Gasteiger partial charge < -0.3 is 14.6 Å². The van der Waals surface area contributed by atoms with E-state index >= 15 is 0 Å². The average Bonchev–Trinajstić information content (AvgIpc) is 2.83. The molecule has 0 bridgehead atoms. The first-order valence-electron chi connectivity index (χ1n) is 8.52. The molecule has 1 aliphatic rings. The molecule has 134 valence electrons. The zero-order valence-corrected chi connectivity index (χ0v) is 16.3. The molecule has 1 aromatic heterocycles. The topological polar surface area (TPSA) is 69.0 Å². The van der Waals surface area contributed by atoms with Crippen LogP contribution in [0.25, 0.3) is 11.4 Å². The standard InChI is InChI=1S/C18H23BrN4O2/c1-18(2,3)25-17(24)20-14-6-4-5-11-23-15(21-22-16(14)23)12-7-9-13(19)10-8-12/h7-10,14H,4-6,11H2,1-3H3,(H,20,24)/t14-/m0/s1. The number of nitrogens with zero attached hydrogens (tertiary/aromatic N) is 3. The maximum absolute atomic E-state index is 12.2. The fourth-order valence-corrected chi connectivity index (χ4v) is 3.20. The number of ether oxygens (including phenoxy) is 1. The molecule has 2 heterocycles. The highest BCUT2D eigenvalue weighted by molar-refractivity contribution is 9.10. The van der Waals surface area contributed by atoms with Crippen LogP contribution in [0.5, 0.6) is 0 Å². The minimum atomic E-state index is -0.523. The van der Waals surface area contributed by atoms with Crippen molar-refractivity contribution in [2.45, 2.75) is 58.2 Å². The van der Waals surface area contributed by atoms with Crippen LogP contribution in [0.3, 0.4) is 0 Å². The summed E-state index contributed by atoms with van der Waals surface area (Å²) >= 11 is 3.45. The van der Waals surface area contributed by atoms with Gasteiger partial charge in [0.2, 0.25) is 0 Å². The van der Waals surface area contributed by atoms with Gasteiger partial charge in [0.15, 0.2) is 11.6 Å². The number of aromatic nitrogens is 3. The lowest BCUT2D eigenvalue weighted by atomic mass is 10.1. The largest absolute Gasteiger partial charge is 0.444 e. The van der Waals surface area contributed by atoms with Gasteiger partial charge in [-0.25, -0.2) is 4.79 Å². The lowest BCUT2D eigenvalue weighted by Crippen LogP contribution is -2.35. The number of nitrogens with one attached hydrogen (secondary N) is 1. The molecule has 0 unspecified atom stereocenters. The summed E-state index contributed by atoms with van der Waals surface area (Å²) in [6.07, 6.45) is 2.46. The van der Waals surface area contributed by atoms with Crippen LogP contribution >= 0.6 is 15.9 Å². The summed E-state index contributed by atoms with van der Waals surface area (Å²) in [7, 11) is 0. The maximum atomic E-state index is 12.2. The van der Waals surface area contributed by atoms with Gasteiger partial charge in [-0.1, -0.05) is 28.1 Å². The lowest BCUT2D eigenvalue weighted by molar-refractivity contribution is 0.0498. The second-order valence-electron chi connectivity index (χ2n) is 7.23. The van der Waals surface area contributed by atoms with E-state index in [-0.39, 0.29) is 6.04 Å². The van der Waals surface area contributed by atoms with Crippen molar-refractivity contribution >= 4 is 22.0 Å². The molecular weight excluding hydrogens is 384 g/mol. The summed E-state index contributed by atoms with van der Waals surface area (Å²) in [5, 5.41) is 11.7. The van der Waals surface area contributed by atoms with E-state index in [0.29, 0.717) is 0 Å². The van der Waals surface area contributed by atoms with E-state index in [0.717, 1.165) is 47.5 Å². The van der Waals surface area contributed by atoms with Crippen LogP contribution in [-0.4, -0.2) is 26.5 Å². The molecule has 1 N–H and O–H groups in total. The van der Waals surface area contributed by atoms with E-state index in [4.69, 9.17) is 4.74 Å². The Balaban J connectivity index is 1.86. The Morgan fingerprint density at radius 2 is 1.96 bits per heavy atom. The van der Waals surface area contributed by atoms with Crippen molar-refractivity contribution in [2.24, 2.45) is 0 Å². The fourth-order valence-electron chi connectivity index (χ4n) is 2.94. The van der Waals surface area contributed by atoms with E-state index in [1.54, 1.807) is 0 Å². The molecule has 1 atom stereocenters. The molecule has 1 aromatic carbocycles. The summed E-state index contributed by atoms with van der Waals surface area (Å²) in [4.78, 5) is 12.2. The van der Waals surface area contributed by atoms with Crippen LogP contribution in [0.15, 0.2) is 28.7 Å². The van der Waals surface area contributed by atoms with Gasteiger partial charge in [0.1, 0.15) is 5.60 Å². The quantitative estimate of drug-likeness (QED) is 0.798. The van der Waals surface area contributed by atoms with Crippen LogP contribution < -0.4 is 5.32 Å². The Morgan fingerprint density at radius 1 is 1.24 bits per heavy atom. The highest BCUT2D eigenvalue weighted by Crippen LogP contribution is 2.28. The number of carbonyl (C=O) groups is 1. The zero-order chi connectivity index (χ0) is 18.0. The lowest BCUT2D eigenvalue weighted by Gasteiger charge is -2.22. The van der Waals surface area contributed by atoms with Crippen molar-refractivity contribution in [3.63, 3.8) is 0 Å². The monoisotopic (exact) mass is 406 g/mol. The third-order valence-corrected chi connectivity index (χ3v) is 4.54. The predicted molar refractivity (Wildman–Crippen MR) is 99.1 cm³/mol. The van der Waals surface area contributed by atoms with Gasteiger partial charge in [-0.05, 0) is 52.2 Å². The van der Waals surface area contributed by atoms with E-state index < -0.39 is 11.7 Å². The van der Waals surface area contributed by atoms with Crippen LogP contribution in [0.2, 0.25) is 0 Å². The smallest absolute Gasteiger partial charge is 0.408 e. The van der Waals surface area contributed by atoms with Crippen LogP contribution in [-0.2, 0) is 11.3 Å². The van der Waals surface area contributed by atoms with Gasteiger partial charge in [-0.3, -0.25) is 0 Å². The number of halogens is 1. The van der Waals surface area contributed by atoms with Crippen molar-refractivity contribution in [3.05, 3.63) is 34.6 Å². The first-order chi connectivity index (χ1) is 11.8.